The number of nitrogens with zero attached hydrogens (tertiary/aromatic N) is 1. The van der Waals surface area contributed by atoms with Crippen LogP contribution in [-0.4, -0.2) is 29.9 Å². The Labute approximate surface area is 138 Å². The molecule has 2 N–H and O–H groups in total. The molecule has 0 aliphatic heterocycles. The van der Waals surface area contributed by atoms with Gasteiger partial charge in [0, 0.05) is 17.9 Å². The minimum absolute atomic E-state index is 0.253. The largest absolute Gasteiger partial charge is 0.496 e. The maximum absolute atomic E-state index is 12.0. The van der Waals surface area contributed by atoms with Gasteiger partial charge in [-0.25, -0.2) is 4.98 Å². The van der Waals surface area contributed by atoms with Crippen LogP contribution in [-0.2, 0) is 9.59 Å². The number of hydrogen-bond donors (Lipinski definition) is 2. The number of aryl methyl sites for hydroxylation is 1. The Hall–Kier alpha value is -2.41. The maximum atomic E-state index is 12.0. The van der Waals surface area contributed by atoms with Crippen molar-refractivity contribution in [3.63, 3.8) is 0 Å². The van der Waals surface area contributed by atoms with Crippen molar-refractivity contribution in [2.45, 2.75) is 26.8 Å². The molecule has 1 aromatic heterocycles. The number of hydrogen-bond acceptors (Lipinski definition) is 5. The molecule has 2 rings (SSSR count). The molecule has 1 heterocycles. The minimum atomic E-state index is -0.617. The van der Waals surface area contributed by atoms with Crippen molar-refractivity contribution in [2.75, 3.05) is 12.4 Å². The van der Waals surface area contributed by atoms with Gasteiger partial charge in [-0.1, -0.05) is 11.6 Å². The Morgan fingerprint density at radius 3 is 2.74 bits per heavy atom. The van der Waals surface area contributed by atoms with Crippen LogP contribution in [0.5, 0.6) is 5.75 Å². The molecule has 7 heteroatoms. The highest BCUT2D eigenvalue weighted by molar-refractivity contribution is 7.14. The van der Waals surface area contributed by atoms with Gasteiger partial charge in [-0.3, -0.25) is 9.59 Å². The van der Waals surface area contributed by atoms with Crippen molar-refractivity contribution in [3.8, 4) is 17.0 Å². The third kappa shape index (κ3) is 4.29. The van der Waals surface area contributed by atoms with Gasteiger partial charge in [-0.15, -0.1) is 11.3 Å². The molecule has 23 heavy (non-hydrogen) atoms. The van der Waals surface area contributed by atoms with Crippen LogP contribution >= 0.6 is 11.3 Å². The number of benzene rings is 1. The summed E-state index contributed by atoms with van der Waals surface area (Å²) in [7, 11) is 1.61. The van der Waals surface area contributed by atoms with Crippen molar-refractivity contribution in [1.82, 2.24) is 10.3 Å². The zero-order valence-electron chi connectivity index (χ0n) is 13.5. The number of aromatic nitrogens is 1. The molecule has 0 saturated heterocycles. The normalized spacial score (nSPS) is 11.7. The van der Waals surface area contributed by atoms with E-state index in [0.29, 0.717) is 5.13 Å². The monoisotopic (exact) mass is 333 g/mol. The van der Waals surface area contributed by atoms with E-state index in [1.165, 1.54) is 18.3 Å². The lowest BCUT2D eigenvalue weighted by Crippen LogP contribution is -2.40. The van der Waals surface area contributed by atoms with Gasteiger partial charge in [0.25, 0.3) is 0 Å². The van der Waals surface area contributed by atoms with Gasteiger partial charge >= 0.3 is 0 Å². The minimum Gasteiger partial charge on any atom is -0.496 e. The molecule has 1 unspecified atom stereocenters. The van der Waals surface area contributed by atoms with Gasteiger partial charge in [0.1, 0.15) is 11.8 Å². The van der Waals surface area contributed by atoms with Crippen LogP contribution < -0.4 is 15.4 Å². The van der Waals surface area contributed by atoms with E-state index in [9.17, 15) is 9.59 Å². The molecule has 0 radical (unpaired) electrons. The van der Waals surface area contributed by atoms with Gasteiger partial charge in [-0.05, 0) is 26.0 Å². The Bertz CT molecular complexity index is 727. The average Bonchev–Trinajstić information content (AvgIpc) is 2.94. The summed E-state index contributed by atoms with van der Waals surface area (Å²) in [6.45, 7) is 4.98. The quantitative estimate of drug-likeness (QED) is 0.881. The predicted octanol–water partition coefficient (Wildman–Crippen LogP) is 2.59. The zero-order valence-corrected chi connectivity index (χ0v) is 14.3. The Morgan fingerprint density at radius 2 is 2.09 bits per heavy atom. The molecular weight excluding hydrogens is 314 g/mol. The molecular formula is C16H19N3O3S. The highest BCUT2D eigenvalue weighted by atomic mass is 32.1. The summed E-state index contributed by atoms with van der Waals surface area (Å²) in [6.07, 6.45) is 0. The summed E-state index contributed by atoms with van der Waals surface area (Å²) in [5.74, 6) is 0.166. The standard InChI is InChI=1S/C16H19N3O3S/c1-9-5-6-14(22-4)12(7-9)13-8-23-16(18-13)19-15(21)10(2)17-11(3)20/h5-8,10H,1-4H3,(H,17,20)(H,18,19,21). The van der Waals surface area contributed by atoms with E-state index in [-0.39, 0.29) is 11.8 Å². The van der Waals surface area contributed by atoms with Crippen molar-refractivity contribution in [3.05, 3.63) is 29.1 Å². The first-order valence-electron chi connectivity index (χ1n) is 7.09. The number of ether oxygens (including phenoxy) is 1. The molecule has 0 aliphatic rings. The Morgan fingerprint density at radius 1 is 1.35 bits per heavy atom. The van der Waals surface area contributed by atoms with Crippen molar-refractivity contribution in [2.24, 2.45) is 0 Å². The summed E-state index contributed by atoms with van der Waals surface area (Å²) in [4.78, 5) is 27.4. The second-order valence-corrected chi connectivity index (χ2v) is 6.01. The molecule has 0 aliphatic carbocycles. The Balaban J connectivity index is 2.17. The lowest BCUT2D eigenvalue weighted by Gasteiger charge is -2.11. The average molecular weight is 333 g/mol. The molecule has 2 aromatic rings. The molecule has 2 amide bonds. The maximum Gasteiger partial charge on any atom is 0.248 e. The number of rotatable bonds is 5. The summed E-state index contributed by atoms with van der Waals surface area (Å²) in [5.41, 5.74) is 2.70. The molecule has 1 atom stereocenters. The van der Waals surface area contributed by atoms with E-state index in [1.807, 2.05) is 30.5 Å². The second-order valence-electron chi connectivity index (χ2n) is 5.15. The molecule has 1 aromatic carbocycles. The van der Waals surface area contributed by atoms with Crippen LogP contribution in [0.3, 0.4) is 0 Å². The van der Waals surface area contributed by atoms with Gasteiger partial charge in [0.2, 0.25) is 11.8 Å². The van der Waals surface area contributed by atoms with E-state index in [2.05, 4.69) is 15.6 Å². The molecule has 0 saturated carbocycles. The van der Waals surface area contributed by atoms with Gasteiger partial charge < -0.3 is 15.4 Å². The summed E-state index contributed by atoms with van der Waals surface area (Å²) in [6, 6.07) is 5.22. The molecule has 6 nitrogen and oxygen atoms in total. The third-order valence-electron chi connectivity index (χ3n) is 3.18. The first kappa shape index (κ1) is 17.0. The van der Waals surface area contributed by atoms with Crippen LogP contribution in [0.1, 0.15) is 19.4 Å². The summed E-state index contributed by atoms with van der Waals surface area (Å²) >= 11 is 1.32. The molecule has 122 valence electrons. The second kappa shape index (κ2) is 7.23. The van der Waals surface area contributed by atoms with Crippen molar-refractivity contribution < 1.29 is 14.3 Å². The third-order valence-corrected chi connectivity index (χ3v) is 3.94. The smallest absolute Gasteiger partial charge is 0.248 e. The van der Waals surface area contributed by atoms with E-state index in [1.54, 1.807) is 14.0 Å². The fourth-order valence-electron chi connectivity index (χ4n) is 2.06. The fourth-order valence-corrected chi connectivity index (χ4v) is 2.77. The lowest BCUT2D eigenvalue weighted by molar-refractivity contribution is -0.124. The first-order valence-corrected chi connectivity index (χ1v) is 7.97. The van der Waals surface area contributed by atoms with Crippen LogP contribution in [0, 0.1) is 6.92 Å². The number of methoxy groups -OCH3 is 1. The van der Waals surface area contributed by atoms with Crippen LogP contribution in [0.25, 0.3) is 11.3 Å². The highest BCUT2D eigenvalue weighted by Crippen LogP contribution is 2.32. The summed E-state index contributed by atoms with van der Waals surface area (Å²) in [5, 5.41) is 7.57. The van der Waals surface area contributed by atoms with Crippen molar-refractivity contribution >= 4 is 28.3 Å². The van der Waals surface area contributed by atoms with E-state index in [0.717, 1.165) is 22.6 Å². The number of anilines is 1. The first-order chi connectivity index (χ1) is 10.9. The van der Waals surface area contributed by atoms with Crippen LogP contribution in [0.15, 0.2) is 23.6 Å². The molecule has 0 spiro atoms. The van der Waals surface area contributed by atoms with Crippen LogP contribution in [0.2, 0.25) is 0 Å². The number of amides is 2. The van der Waals surface area contributed by atoms with E-state index >= 15 is 0 Å². The van der Waals surface area contributed by atoms with Gasteiger partial charge in [0.05, 0.1) is 12.8 Å². The van der Waals surface area contributed by atoms with Crippen LogP contribution in [0.4, 0.5) is 5.13 Å². The van der Waals surface area contributed by atoms with E-state index in [4.69, 9.17) is 4.74 Å². The Kier molecular flexibility index (Phi) is 5.33. The van der Waals surface area contributed by atoms with Gasteiger partial charge in [-0.2, -0.15) is 0 Å². The van der Waals surface area contributed by atoms with Gasteiger partial charge in [0.15, 0.2) is 5.13 Å². The zero-order chi connectivity index (χ0) is 17.0. The lowest BCUT2D eigenvalue weighted by atomic mass is 10.1. The number of nitrogens with one attached hydrogen (secondary N) is 2. The topological polar surface area (TPSA) is 80.3 Å². The number of carbonyl (C=O) groups excluding carboxylic acids is 2. The summed E-state index contributed by atoms with van der Waals surface area (Å²) < 4.78 is 5.36. The SMILES string of the molecule is COc1ccc(C)cc1-c1csc(NC(=O)C(C)NC(C)=O)n1. The fraction of sp³-hybridized carbons (Fsp3) is 0.312. The molecule has 0 bridgehead atoms. The number of thiazole rings is 1. The highest BCUT2D eigenvalue weighted by Gasteiger charge is 2.16. The van der Waals surface area contributed by atoms with Crippen molar-refractivity contribution in [1.29, 1.82) is 0 Å². The van der Waals surface area contributed by atoms with E-state index < -0.39 is 6.04 Å². The predicted molar refractivity (Wildman–Crippen MR) is 90.7 cm³/mol. The molecule has 0 fully saturated rings. The number of carbonyl (C=O) groups is 2.